The Morgan fingerprint density at radius 3 is 2.53 bits per heavy atom. The molecule has 2 N–H and O–H groups in total. The zero-order valence-corrected chi connectivity index (χ0v) is 12.9. The molecule has 0 amide bonds. The van der Waals surface area contributed by atoms with Crippen molar-refractivity contribution < 1.29 is 4.74 Å². The fourth-order valence-corrected chi connectivity index (χ4v) is 2.45. The molecule has 0 aromatic heterocycles. The largest absolute Gasteiger partial charge is 0.491 e. The van der Waals surface area contributed by atoms with E-state index in [1.165, 1.54) is 24.0 Å². The standard InChI is InChI=1S/C16H24ClNO/c1-16(2,3)13-8-12(6-7-18)9-14(17)15(13)19-10-11-4-5-11/h8-9,11H,4-7,10,18H2,1-3H3. The van der Waals surface area contributed by atoms with Crippen LogP contribution in [0.5, 0.6) is 5.75 Å². The average molecular weight is 282 g/mol. The smallest absolute Gasteiger partial charge is 0.141 e. The Balaban J connectivity index is 2.31. The van der Waals surface area contributed by atoms with Crippen molar-refractivity contribution in [3.05, 3.63) is 28.3 Å². The summed E-state index contributed by atoms with van der Waals surface area (Å²) in [4.78, 5) is 0. The van der Waals surface area contributed by atoms with Gasteiger partial charge in [0.15, 0.2) is 0 Å². The Hall–Kier alpha value is -0.730. The van der Waals surface area contributed by atoms with Crippen molar-refractivity contribution in [1.82, 2.24) is 0 Å². The molecule has 1 fully saturated rings. The summed E-state index contributed by atoms with van der Waals surface area (Å²) < 4.78 is 5.99. The SMILES string of the molecule is CC(C)(C)c1cc(CCN)cc(Cl)c1OCC1CC1. The Labute approximate surface area is 121 Å². The van der Waals surface area contributed by atoms with E-state index < -0.39 is 0 Å². The summed E-state index contributed by atoms with van der Waals surface area (Å²) in [6.45, 7) is 8.00. The lowest BCUT2D eigenvalue weighted by Gasteiger charge is -2.25. The summed E-state index contributed by atoms with van der Waals surface area (Å²) in [6.07, 6.45) is 3.42. The molecule has 0 radical (unpaired) electrons. The van der Waals surface area contributed by atoms with Gasteiger partial charge < -0.3 is 10.5 Å². The Morgan fingerprint density at radius 1 is 1.32 bits per heavy atom. The number of ether oxygens (including phenoxy) is 1. The molecule has 1 aliphatic rings. The van der Waals surface area contributed by atoms with Crippen molar-refractivity contribution in [2.75, 3.05) is 13.2 Å². The lowest BCUT2D eigenvalue weighted by Crippen LogP contribution is -2.16. The van der Waals surface area contributed by atoms with E-state index in [1.54, 1.807) is 0 Å². The molecule has 1 aromatic rings. The third kappa shape index (κ3) is 3.87. The summed E-state index contributed by atoms with van der Waals surface area (Å²) in [7, 11) is 0. The number of rotatable bonds is 5. The molecule has 0 saturated heterocycles. The molecule has 0 heterocycles. The van der Waals surface area contributed by atoms with Crippen molar-refractivity contribution in [3.8, 4) is 5.75 Å². The first-order chi connectivity index (χ1) is 8.91. The van der Waals surface area contributed by atoms with Crippen LogP contribution in [-0.2, 0) is 11.8 Å². The van der Waals surface area contributed by atoms with Gasteiger partial charge in [-0.1, -0.05) is 38.4 Å². The van der Waals surface area contributed by atoms with Gasteiger partial charge >= 0.3 is 0 Å². The van der Waals surface area contributed by atoms with Gasteiger partial charge in [-0.25, -0.2) is 0 Å². The maximum absolute atomic E-state index is 6.41. The molecule has 0 spiro atoms. The van der Waals surface area contributed by atoms with Crippen molar-refractivity contribution in [1.29, 1.82) is 0 Å². The van der Waals surface area contributed by atoms with E-state index in [-0.39, 0.29) is 5.41 Å². The van der Waals surface area contributed by atoms with Crippen molar-refractivity contribution >= 4 is 11.6 Å². The second kappa shape index (κ2) is 5.72. The van der Waals surface area contributed by atoms with Gasteiger partial charge in [0, 0.05) is 5.56 Å². The minimum atomic E-state index is 0.0210. The molecule has 1 aliphatic carbocycles. The normalized spacial score (nSPS) is 15.6. The zero-order valence-electron chi connectivity index (χ0n) is 12.1. The number of nitrogens with two attached hydrogens (primary N) is 1. The summed E-state index contributed by atoms with van der Waals surface area (Å²) in [5.74, 6) is 1.59. The second-order valence-electron chi connectivity index (χ2n) is 6.50. The predicted molar refractivity (Wildman–Crippen MR) is 81.1 cm³/mol. The molecule has 3 heteroatoms. The topological polar surface area (TPSA) is 35.2 Å². The summed E-state index contributed by atoms with van der Waals surface area (Å²) >= 11 is 6.41. The van der Waals surface area contributed by atoms with Crippen LogP contribution in [0.4, 0.5) is 0 Å². The molecule has 0 unspecified atom stereocenters. The van der Waals surface area contributed by atoms with Crippen LogP contribution in [0.3, 0.4) is 0 Å². The van der Waals surface area contributed by atoms with Crippen LogP contribution in [0.1, 0.15) is 44.7 Å². The van der Waals surface area contributed by atoms with Crippen LogP contribution in [0.15, 0.2) is 12.1 Å². The molecule has 0 atom stereocenters. The van der Waals surface area contributed by atoms with Crippen molar-refractivity contribution in [3.63, 3.8) is 0 Å². The maximum Gasteiger partial charge on any atom is 0.141 e. The first kappa shape index (κ1) is 14.7. The van der Waals surface area contributed by atoms with E-state index in [0.717, 1.165) is 29.7 Å². The minimum Gasteiger partial charge on any atom is -0.491 e. The number of hydrogen-bond acceptors (Lipinski definition) is 2. The Morgan fingerprint density at radius 2 is 2.00 bits per heavy atom. The van der Waals surface area contributed by atoms with E-state index in [2.05, 4.69) is 26.8 Å². The first-order valence-corrected chi connectivity index (χ1v) is 7.45. The van der Waals surface area contributed by atoms with Gasteiger partial charge in [-0.05, 0) is 48.8 Å². The minimum absolute atomic E-state index is 0.0210. The van der Waals surface area contributed by atoms with Crippen LogP contribution in [0.25, 0.3) is 0 Å². The zero-order chi connectivity index (χ0) is 14.0. The van der Waals surface area contributed by atoms with E-state index in [4.69, 9.17) is 22.1 Å². The van der Waals surface area contributed by atoms with Gasteiger partial charge in [0.25, 0.3) is 0 Å². The van der Waals surface area contributed by atoms with E-state index >= 15 is 0 Å². The molecule has 0 aliphatic heterocycles. The van der Waals surface area contributed by atoms with Gasteiger partial charge in [-0.15, -0.1) is 0 Å². The fraction of sp³-hybridized carbons (Fsp3) is 0.625. The van der Waals surface area contributed by atoms with Gasteiger partial charge in [0.05, 0.1) is 11.6 Å². The van der Waals surface area contributed by atoms with Crippen LogP contribution >= 0.6 is 11.6 Å². The third-order valence-corrected chi connectivity index (χ3v) is 3.79. The lowest BCUT2D eigenvalue weighted by atomic mass is 9.85. The highest BCUT2D eigenvalue weighted by molar-refractivity contribution is 6.32. The first-order valence-electron chi connectivity index (χ1n) is 7.07. The number of benzene rings is 1. The van der Waals surface area contributed by atoms with Crippen LogP contribution in [-0.4, -0.2) is 13.2 Å². The monoisotopic (exact) mass is 281 g/mol. The number of halogens is 1. The van der Waals surface area contributed by atoms with Crippen LogP contribution in [0.2, 0.25) is 5.02 Å². The highest BCUT2D eigenvalue weighted by Gasteiger charge is 2.26. The predicted octanol–water partition coefficient (Wildman–Crippen LogP) is 3.93. The molecular weight excluding hydrogens is 258 g/mol. The fourth-order valence-electron chi connectivity index (χ4n) is 2.15. The second-order valence-corrected chi connectivity index (χ2v) is 6.90. The summed E-state index contributed by atoms with van der Waals surface area (Å²) in [5.41, 5.74) is 8.04. The van der Waals surface area contributed by atoms with Gasteiger partial charge in [0.1, 0.15) is 5.75 Å². The molecule has 0 bridgehead atoms. The Kier molecular flexibility index (Phi) is 4.42. The molecule has 2 nitrogen and oxygen atoms in total. The van der Waals surface area contributed by atoms with Crippen molar-refractivity contribution in [2.24, 2.45) is 11.7 Å². The van der Waals surface area contributed by atoms with Gasteiger partial charge in [-0.3, -0.25) is 0 Å². The molecule has 1 aromatic carbocycles. The quantitative estimate of drug-likeness (QED) is 0.888. The number of hydrogen-bond donors (Lipinski definition) is 1. The summed E-state index contributed by atoms with van der Waals surface area (Å²) in [5, 5.41) is 0.719. The van der Waals surface area contributed by atoms with E-state index in [9.17, 15) is 0 Å². The van der Waals surface area contributed by atoms with E-state index in [0.29, 0.717) is 6.54 Å². The molecular formula is C16H24ClNO. The Bertz CT molecular complexity index is 447. The van der Waals surface area contributed by atoms with Crippen LogP contribution < -0.4 is 10.5 Å². The highest BCUT2D eigenvalue weighted by atomic mass is 35.5. The third-order valence-electron chi connectivity index (χ3n) is 3.50. The lowest BCUT2D eigenvalue weighted by molar-refractivity contribution is 0.292. The molecule has 19 heavy (non-hydrogen) atoms. The van der Waals surface area contributed by atoms with Crippen molar-refractivity contribution in [2.45, 2.75) is 45.4 Å². The average Bonchev–Trinajstić information content (AvgIpc) is 3.10. The van der Waals surface area contributed by atoms with Gasteiger partial charge in [0.2, 0.25) is 0 Å². The van der Waals surface area contributed by atoms with Gasteiger partial charge in [-0.2, -0.15) is 0 Å². The molecule has 2 rings (SSSR count). The van der Waals surface area contributed by atoms with Crippen LogP contribution in [0, 0.1) is 5.92 Å². The molecule has 1 saturated carbocycles. The maximum atomic E-state index is 6.41. The molecule has 106 valence electrons. The summed E-state index contributed by atoms with van der Waals surface area (Å²) in [6, 6.07) is 4.19. The highest BCUT2D eigenvalue weighted by Crippen LogP contribution is 2.39. The van der Waals surface area contributed by atoms with E-state index in [1.807, 2.05) is 6.07 Å².